The van der Waals surface area contributed by atoms with E-state index in [2.05, 4.69) is 26.2 Å². The van der Waals surface area contributed by atoms with Gasteiger partial charge in [-0.25, -0.2) is 0 Å². The molecule has 0 saturated carbocycles. The number of hydrogen-bond acceptors (Lipinski definition) is 15. The molecule has 0 aliphatic carbocycles. The molecule has 0 unspecified atom stereocenters. The molecular formula is C68H124N12O13S. The van der Waals surface area contributed by atoms with Gasteiger partial charge in [0.1, 0.15) is 60.4 Å². The lowest BCUT2D eigenvalue weighted by molar-refractivity contribution is -0.157. The second kappa shape index (κ2) is 39.4. The third-order valence-corrected chi connectivity index (χ3v) is 19.0. The Morgan fingerprint density at radius 2 is 0.957 bits per heavy atom. The van der Waals surface area contributed by atoms with Crippen molar-refractivity contribution < 1.29 is 63.0 Å². The Kier molecular flexibility index (Phi) is 36.1. The third kappa shape index (κ3) is 24.7. The molecular weight excluding hydrogens is 1220 g/mol. The number of rotatable bonds is 21. The van der Waals surface area contributed by atoms with E-state index in [0.717, 1.165) is 21.6 Å². The summed E-state index contributed by atoms with van der Waals surface area (Å²) in [7, 11) is 9.86. The lowest BCUT2D eigenvalue weighted by atomic mass is 9.91. The molecule has 540 valence electrons. The number of nitrogens with zero attached hydrogens (tertiary/aromatic N) is 8. The maximum atomic E-state index is 15.4. The molecule has 11 amide bonds. The number of aliphatic hydroxyl groups is 2. The van der Waals surface area contributed by atoms with Crippen LogP contribution in [0.15, 0.2) is 12.2 Å². The van der Waals surface area contributed by atoms with Crippen LogP contribution in [0.5, 0.6) is 0 Å². The van der Waals surface area contributed by atoms with Gasteiger partial charge >= 0.3 is 0 Å². The molecule has 26 heteroatoms. The summed E-state index contributed by atoms with van der Waals surface area (Å²) in [5.74, 6) is -10.00. The summed E-state index contributed by atoms with van der Waals surface area (Å²) in [5, 5.41) is 33.4. The SMILES string of the molecule is C/C=C/C[C@@H](C)[C@@H](O)[C@H]1C(=O)N[C@@H](CC)C(=O)N(C)[C@H](SCCN(CC)CC)C(=O)N(C)[C@@H](CC(C)(C)O)C(=O)N[C@@H](C(C)C)C(=O)N(C)[C@@H](CC(C)C)C(=O)N[C@@H](C)C(=O)N[C@H](C)C(=O)N(C)[C@@H](CC(C)C)C(=O)N(C)[C@@H](CC(C)C)C(=O)N(C)[C@@H](C(C)C)C(=O)N1C. The van der Waals surface area contributed by atoms with Crippen molar-refractivity contribution >= 4 is 76.7 Å². The van der Waals surface area contributed by atoms with Gasteiger partial charge in [0.05, 0.1) is 11.7 Å². The highest BCUT2D eigenvalue weighted by Crippen LogP contribution is 2.28. The van der Waals surface area contributed by atoms with E-state index in [1.807, 2.05) is 55.4 Å². The van der Waals surface area contributed by atoms with E-state index in [1.54, 1.807) is 60.6 Å². The van der Waals surface area contributed by atoms with Crippen molar-refractivity contribution in [2.75, 3.05) is 74.7 Å². The summed E-state index contributed by atoms with van der Waals surface area (Å²) in [6.45, 7) is 34.8. The van der Waals surface area contributed by atoms with Gasteiger partial charge in [-0.2, -0.15) is 0 Å². The summed E-state index contributed by atoms with van der Waals surface area (Å²) in [5.41, 5.74) is -1.59. The third-order valence-electron chi connectivity index (χ3n) is 17.8. The van der Waals surface area contributed by atoms with E-state index in [9.17, 15) is 34.2 Å². The van der Waals surface area contributed by atoms with Gasteiger partial charge in [0.15, 0.2) is 5.37 Å². The molecule has 6 N–H and O–H groups in total. The second-order valence-corrected chi connectivity index (χ2v) is 29.6. The van der Waals surface area contributed by atoms with Crippen molar-refractivity contribution in [3.05, 3.63) is 12.2 Å². The monoisotopic (exact) mass is 1350 g/mol. The fraction of sp³-hybridized carbons (Fsp3) is 0.809. The maximum Gasteiger partial charge on any atom is 0.256 e. The Morgan fingerprint density at radius 1 is 0.511 bits per heavy atom. The molecule has 0 radical (unpaired) electrons. The van der Waals surface area contributed by atoms with Gasteiger partial charge in [0, 0.05) is 68.1 Å². The van der Waals surface area contributed by atoms with E-state index in [0.29, 0.717) is 25.4 Å². The molecule has 1 fully saturated rings. The quantitative estimate of drug-likeness (QED) is 0.0892. The molecule has 1 saturated heterocycles. The number of amides is 11. The van der Waals surface area contributed by atoms with Gasteiger partial charge in [-0.3, -0.25) is 52.7 Å². The summed E-state index contributed by atoms with van der Waals surface area (Å²) in [6, 6.07) is -13.1. The van der Waals surface area contributed by atoms with Gasteiger partial charge in [-0.05, 0) is 115 Å². The van der Waals surface area contributed by atoms with Gasteiger partial charge in [0.2, 0.25) is 59.1 Å². The molecule has 94 heavy (non-hydrogen) atoms. The number of nitrogens with one attached hydrogen (secondary N) is 4. The predicted molar refractivity (Wildman–Crippen MR) is 369 cm³/mol. The normalized spacial score (nSPS) is 26.5. The van der Waals surface area contributed by atoms with E-state index < -0.39 is 160 Å². The molecule has 25 nitrogen and oxygen atoms in total. The van der Waals surface area contributed by atoms with Crippen LogP contribution in [0.1, 0.15) is 170 Å². The van der Waals surface area contributed by atoms with Crippen LogP contribution in [0.25, 0.3) is 0 Å². The zero-order valence-electron chi connectivity index (χ0n) is 62.0. The first kappa shape index (κ1) is 86.2. The number of hydrogen-bond donors (Lipinski definition) is 6. The molecule has 0 bridgehead atoms. The minimum Gasteiger partial charge on any atom is -0.390 e. The zero-order chi connectivity index (χ0) is 72.9. The van der Waals surface area contributed by atoms with Gasteiger partial charge in [0.25, 0.3) is 5.91 Å². The highest BCUT2D eigenvalue weighted by Gasteiger charge is 2.47. The fourth-order valence-electron chi connectivity index (χ4n) is 11.7. The minimum absolute atomic E-state index is 0.0305. The van der Waals surface area contributed by atoms with E-state index in [-0.39, 0.29) is 56.3 Å². The van der Waals surface area contributed by atoms with E-state index >= 15 is 28.8 Å². The zero-order valence-corrected chi connectivity index (χ0v) is 62.8. The van der Waals surface area contributed by atoms with Gasteiger partial charge < -0.3 is 70.7 Å². The Morgan fingerprint density at radius 3 is 1.41 bits per heavy atom. The highest BCUT2D eigenvalue weighted by molar-refractivity contribution is 8.00. The Hall–Kier alpha value is -5.86. The van der Waals surface area contributed by atoms with Crippen LogP contribution in [-0.4, -0.2) is 267 Å². The smallest absolute Gasteiger partial charge is 0.256 e. The first-order valence-corrected chi connectivity index (χ1v) is 34.9. The maximum absolute atomic E-state index is 15.4. The molecule has 0 aromatic carbocycles. The molecule has 0 spiro atoms. The number of carbonyl (C=O) groups is 11. The minimum atomic E-state index is -1.66. The van der Waals surface area contributed by atoms with Crippen molar-refractivity contribution in [2.45, 2.75) is 248 Å². The highest BCUT2D eigenvalue weighted by atomic mass is 32.2. The van der Waals surface area contributed by atoms with Crippen LogP contribution in [-0.2, 0) is 52.7 Å². The molecule has 1 heterocycles. The Bertz CT molecular complexity index is 2560. The Balaban J connectivity index is 4.59. The molecule has 1 aliphatic rings. The largest absolute Gasteiger partial charge is 0.390 e. The molecule has 13 atom stereocenters. The van der Waals surface area contributed by atoms with Crippen LogP contribution in [0.4, 0.5) is 0 Å². The van der Waals surface area contributed by atoms with Crippen molar-refractivity contribution in [2.24, 2.45) is 35.5 Å². The first-order valence-electron chi connectivity index (χ1n) is 33.8. The average Bonchev–Trinajstić information content (AvgIpc) is 0.811. The van der Waals surface area contributed by atoms with E-state index in [1.165, 1.54) is 102 Å². The number of likely N-dealkylation sites (N-methyl/N-ethyl adjacent to an activating group) is 7. The van der Waals surface area contributed by atoms with Gasteiger partial charge in [-0.15, -0.1) is 11.8 Å². The first-order chi connectivity index (χ1) is 43.4. The molecule has 1 rings (SSSR count). The summed E-state index contributed by atoms with van der Waals surface area (Å²) in [4.78, 5) is 175. The van der Waals surface area contributed by atoms with Crippen LogP contribution in [0.3, 0.4) is 0 Å². The summed E-state index contributed by atoms with van der Waals surface area (Å²) >= 11 is 1.12. The van der Waals surface area contributed by atoms with Crippen molar-refractivity contribution in [1.29, 1.82) is 0 Å². The van der Waals surface area contributed by atoms with Crippen molar-refractivity contribution in [3.8, 4) is 0 Å². The summed E-state index contributed by atoms with van der Waals surface area (Å²) in [6.07, 6.45) is 2.35. The lowest BCUT2D eigenvalue weighted by Gasteiger charge is -2.41. The van der Waals surface area contributed by atoms with Crippen molar-refractivity contribution in [3.63, 3.8) is 0 Å². The number of allylic oxidation sites excluding steroid dienone is 2. The number of aliphatic hydroxyl groups excluding tert-OH is 1. The molecule has 1 aliphatic heterocycles. The number of carbonyl (C=O) groups excluding carboxylic acids is 11. The van der Waals surface area contributed by atoms with Crippen LogP contribution in [0.2, 0.25) is 0 Å². The average molecular weight is 1350 g/mol. The van der Waals surface area contributed by atoms with E-state index in [4.69, 9.17) is 0 Å². The lowest BCUT2D eigenvalue weighted by Crippen LogP contribution is -2.64. The van der Waals surface area contributed by atoms with Crippen LogP contribution < -0.4 is 21.3 Å². The molecule has 0 aromatic heterocycles. The van der Waals surface area contributed by atoms with Crippen LogP contribution in [0, 0.1) is 35.5 Å². The predicted octanol–water partition coefficient (Wildman–Crippen LogP) is 3.79. The van der Waals surface area contributed by atoms with Crippen molar-refractivity contribution in [1.82, 2.24) is 60.5 Å². The second-order valence-electron chi connectivity index (χ2n) is 28.4. The standard InChI is InChI=1S/C68H124N12O13S/c1-27-31-32-44(15)55(81)54-59(85)71-47(28-2)61(87)79(26)67(94-34-33-80(29-3)30-4)66(92)76(23)51(38-68(18,19)93)58(84)72-52(42(11)12)64(90)73(20)48(35-39(5)6)57(83)69-45(16)56(82)70-46(17)60(86)74(21)49(36-40(7)8)62(88)75(22)50(37-41(9)10)63(89)77(24)53(43(13)14)65(91)78(54)25/h27,31,39-55,67,81,93H,28-30,32-38H2,1-26H3,(H,69,83)(H,70,82)(H,71,85)(H,72,84)/b31-27+/t44-,45+,46-,47+,48+,49+,50+,51+,52+,53+,54+,55-,67-/m1/s1. The molecule has 0 aromatic rings. The fourth-order valence-corrected chi connectivity index (χ4v) is 12.9. The van der Waals surface area contributed by atoms with Gasteiger partial charge in [-0.1, -0.05) is 109 Å². The summed E-state index contributed by atoms with van der Waals surface area (Å²) < 4.78 is 0. The Labute approximate surface area is 567 Å². The van der Waals surface area contributed by atoms with Crippen LogP contribution >= 0.6 is 11.8 Å². The number of thioether (sulfide) groups is 1. The topological polar surface area (TPSA) is 302 Å².